The molecule has 0 radical (unpaired) electrons. The molecule has 0 fully saturated rings. The van der Waals surface area contributed by atoms with E-state index < -0.39 is 49.5 Å². The summed E-state index contributed by atoms with van der Waals surface area (Å²) in [5.74, 6) is -4.15. The number of aryl methyl sites for hydroxylation is 2. The van der Waals surface area contributed by atoms with Crippen LogP contribution >= 0.6 is 0 Å². The lowest BCUT2D eigenvalue weighted by Crippen LogP contribution is -2.32. The van der Waals surface area contributed by atoms with E-state index in [9.17, 15) is 26.4 Å². The number of halogens is 3. The van der Waals surface area contributed by atoms with Gasteiger partial charge in [0.2, 0.25) is 0 Å². The number of hydrogen-bond acceptors (Lipinski definition) is 4. The third-order valence-corrected chi connectivity index (χ3v) is 5.67. The van der Waals surface area contributed by atoms with E-state index in [1.165, 1.54) is 29.8 Å². The maximum Gasteiger partial charge on any atom is 0.285 e. The van der Waals surface area contributed by atoms with E-state index in [-0.39, 0.29) is 17.8 Å². The molecule has 0 atom stereocenters. The topological polar surface area (TPSA) is 81.1 Å². The number of aromatic nitrogens is 2. The molecular formula is C19H16F3N3O3S. The first-order valence-electron chi connectivity index (χ1n) is 8.48. The Balaban J connectivity index is 1.97. The van der Waals surface area contributed by atoms with Crippen molar-refractivity contribution in [1.29, 1.82) is 0 Å². The molecule has 1 amide bonds. The summed E-state index contributed by atoms with van der Waals surface area (Å²) in [6, 6.07) is 7.00. The van der Waals surface area contributed by atoms with Crippen LogP contribution < -0.4 is 4.72 Å². The molecule has 0 aliphatic rings. The minimum Gasteiger partial charge on any atom is -0.333 e. The Kier molecular flexibility index (Phi) is 5.47. The van der Waals surface area contributed by atoms with Crippen molar-refractivity contribution in [1.82, 2.24) is 14.3 Å². The SMILES string of the molecule is CCc1cccc(F)c1S(=O)(=O)NC(=O)c1cn(C)c(-c2c(F)cccc2F)n1. The van der Waals surface area contributed by atoms with Gasteiger partial charge in [0.15, 0.2) is 0 Å². The summed E-state index contributed by atoms with van der Waals surface area (Å²) in [6.45, 7) is 1.64. The zero-order chi connectivity index (χ0) is 21.3. The number of carbonyl (C=O) groups is 1. The van der Waals surface area contributed by atoms with Gasteiger partial charge in [0.05, 0.1) is 5.56 Å². The number of nitrogens with one attached hydrogen (secondary N) is 1. The first-order valence-corrected chi connectivity index (χ1v) is 9.96. The predicted molar refractivity (Wildman–Crippen MR) is 99.0 cm³/mol. The monoisotopic (exact) mass is 423 g/mol. The van der Waals surface area contributed by atoms with Gasteiger partial charge in [0.1, 0.15) is 33.9 Å². The molecule has 3 rings (SSSR count). The van der Waals surface area contributed by atoms with Gasteiger partial charge >= 0.3 is 0 Å². The van der Waals surface area contributed by atoms with Crippen LogP contribution in [-0.2, 0) is 23.5 Å². The van der Waals surface area contributed by atoms with Crippen LogP contribution in [0.5, 0.6) is 0 Å². The fourth-order valence-corrected chi connectivity index (χ4v) is 4.21. The molecule has 1 aromatic heterocycles. The molecule has 0 saturated carbocycles. The Hall–Kier alpha value is -3.14. The van der Waals surface area contributed by atoms with Crippen molar-refractivity contribution in [3.63, 3.8) is 0 Å². The van der Waals surface area contributed by atoms with Crippen LogP contribution in [0.1, 0.15) is 23.0 Å². The summed E-state index contributed by atoms with van der Waals surface area (Å²) in [5.41, 5.74) is -0.664. The zero-order valence-electron chi connectivity index (χ0n) is 15.4. The first-order chi connectivity index (χ1) is 13.7. The second kappa shape index (κ2) is 7.70. The van der Waals surface area contributed by atoms with Crippen molar-refractivity contribution in [2.45, 2.75) is 18.2 Å². The molecule has 152 valence electrons. The molecule has 0 saturated heterocycles. The number of carbonyl (C=O) groups excluding carboxylic acids is 1. The number of nitrogens with zero attached hydrogens (tertiary/aromatic N) is 2. The summed E-state index contributed by atoms with van der Waals surface area (Å²) >= 11 is 0. The third kappa shape index (κ3) is 3.88. The Morgan fingerprint density at radius 1 is 1.07 bits per heavy atom. The highest BCUT2D eigenvalue weighted by molar-refractivity contribution is 7.90. The molecule has 1 N–H and O–H groups in total. The lowest BCUT2D eigenvalue weighted by Gasteiger charge is -2.10. The maximum atomic E-state index is 14.1. The van der Waals surface area contributed by atoms with Crippen LogP contribution in [0.2, 0.25) is 0 Å². The van der Waals surface area contributed by atoms with E-state index in [0.717, 1.165) is 24.4 Å². The molecule has 0 spiro atoms. The molecule has 0 unspecified atom stereocenters. The van der Waals surface area contributed by atoms with E-state index in [0.29, 0.717) is 0 Å². The van der Waals surface area contributed by atoms with Crippen LogP contribution in [-0.4, -0.2) is 23.9 Å². The number of sulfonamides is 1. The third-order valence-electron chi connectivity index (χ3n) is 4.22. The Morgan fingerprint density at radius 3 is 2.28 bits per heavy atom. The molecule has 1 heterocycles. The van der Waals surface area contributed by atoms with Gasteiger partial charge in [-0.05, 0) is 30.2 Å². The molecule has 0 bridgehead atoms. The Labute approximate surface area is 165 Å². The summed E-state index contributed by atoms with van der Waals surface area (Å²) in [7, 11) is -3.14. The fourth-order valence-electron chi connectivity index (χ4n) is 2.88. The highest BCUT2D eigenvalue weighted by Gasteiger charge is 2.27. The van der Waals surface area contributed by atoms with Crippen molar-refractivity contribution < 1.29 is 26.4 Å². The minimum atomic E-state index is -4.54. The molecule has 6 nitrogen and oxygen atoms in total. The highest BCUT2D eigenvalue weighted by atomic mass is 32.2. The van der Waals surface area contributed by atoms with Crippen molar-refractivity contribution in [3.8, 4) is 11.4 Å². The first kappa shape index (κ1) is 20.6. The van der Waals surface area contributed by atoms with Crippen LogP contribution in [0.25, 0.3) is 11.4 Å². The Morgan fingerprint density at radius 2 is 1.66 bits per heavy atom. The standard InChI is InChI=1S/C19H16F3N3O3S/c1-3-11-6-4-9-14(22)17(11)29(27,28)24-19(26)15-10-25(2)18(23-15)16-12(20)7-5-8-13(16)21/h4-10H,3H2,1-2H3,(H,24,26). The van der Waals surface area contributed by atoms with Crippen LogP contribution in [0.3, 0.4) is 0 Å². The summed E-state index contributed by atoms with van der Waals surface area (Å²) in [4.78, 5) is 15.7. The summed E-state index contributed by atoms with van der Waals surface area (Å²) < 4.78 is 70.2. The predicted octanol–water partition coefficient (Wildman–Crippen LogP) is 3.19. The fraction of sp³-hybridized carbons (Fsp3) is 0.158. The number of hydrogen-bond donors (Lipinski definition) is 1. The van der Waals surface area contributed by atoms with Gasteiger partial charge in [0, 0.05) is 13.2 Å². The largest absolute Gasteiger partial charge is 0.333 e. The van der Waals surface area contributed by atoms with Gasteiger partial charge in [-0.2, -0.15) is 0 Å². The van der Waals surface area contributed by atoms with Crippen molar-refractivity contribution >= 4 is 15.9 Å². The van der Waals surface area contributed by atoms with Crippen molar-refractivity contribution in [3.05, 3.63) is 71.3 Å². The smallest absolute Gasteiger partial charge is 0.285 e. The Bertz CT molecular complexity index is 1190. The molecule has 10 heteroatoms. The molecule has 0 aliphatic carbocycles. The van der Waals surface area contributed by atoms with Gasteiger partial charge in [-0.15, -0.1) is 0 Å². The molecule has 2 aromatic carbocycles. The number of amides is 1. The summed E-state index contributed by atoms with van der Waals surface area (Å²) in [5, 5.41) is 0. The van der Waals surface area contributed by atoms with E-state index >= 15 is 0 Å². The van der Waals surface area contributed by atoms with Gasteiger partial charge < -0.3 is 4.57 Å². The second-order valence-electron chi connectivity index (χ2n) is 6.17. The molecule has 29 heavy (non-hydrogen) atoms. The van der Waals surface area contributed by atoms with Gasteiger partial charge in [0.25, 0.3) is 15.9 Å². The van der Waals surface area contributed by atoms with E-state index in [1.807, 2.05) is 0 Å². The lowest BCUT2D eigenvalue weighted by atomic mass is 10.2. The minimum absolute atomic E-state index is 0.195. The maximum absolute atomic E-state index is 14.1. The molecule has 0 aliphatic heterocycles. The highest BCUT2D eigenvalue weighted by Crippen LogP contribution is 2.25. The molecular weight excluding hydrogens is 407 g/mol. The van der Waals surface area contributed by atoms with E-state index in [2.05, 4.69) is 4.98 Å². The van der Waals surface area contributed by atoms with Crippen molar-refractivity contribution in [2.75, 3.05) is 0 Å². The van der Waals surface area contributed by atoms with Crippen LogP contribution in [0.4, 0.5) is 13.2 Å². The van der Waals surface area contributed by atoms with Crippen molar-refractivity contribution in [2.24, 2.45) is 7.05 Å². The quantitative estimate of drug-likeness (QED) is 0.684. The van der Waals surface area contributed by atoms with Crippen LogP contribution in [0, 0.1) is 17.5 Å². The van der Waals surface area contributed by atoms with Crippen LogP contribution in [0.15, 0.2) is 47.5 Å². The molecule has 3 aromatic rings. The van der Waals surface area contributed by atoms with Gasteiger partial charge in [-0.25, -0.2) is 31.3 Å². The number of rotatable bonds is 5. The number of benzene rings is 2. The zero-order valence-corrected chi connectivity index (χ0v) is 16.2. The lowest BCUT2D eigenvalue weighted by molar-refractivity contribution is 0.0977. The average molecular weight is 423 g/mol. The van der Waals surface area contributed by atoms with Gasteiger partial charge in [-0.1, -0.05) is 25.1 Å². The van der Waals surface area contributed by atoms with E-state index in [1.54, 1.807) is 11.6 Å². The van der Waals surface area contributed by atoms with E-state index in [4.69, 9.17) is 0 Å². The second-order valence-corrected chi connectivity index (χ2v) is 7.79. The average Bonchev–Trinajstić information content (AvgIpc) is 3.02. The van der Waals surface area contributed by atoms with Gasteiger partial charge in [-0.3, -0.25) is 4.79 Å². The summed E-state index contributed by atoms with van der Waals surface area (Å²) in [6.07, 6.45) is 1.34. The normalized spacial score (nSPS) is 11.5. The number of imidazole rings is 1.